The molecule has 24 heavy (non-hydrogen) atoms. The van der Waals surface area contributed by atoms with Gasteiger partial charge in [-0.05, 0) is 35.0 Å². The summed E-state index contributed by atoms with van der Waals surface area (Å²) in [5.74, 6) is 0.945. The minimum Gasteiger partial charge on any atom is -0.496 e. The van der Waals surface area contributed by atoms with Gasteiger partial charge in [-0.3, -0.25) is 4.79 Å². The number of carbonyl (C=O) groups excluding carboxylic acids is 1. The van der Waals surface area contributed by atoms with Crippen LogP contribution in [0.15, 0.2) is 59.1 Å². The zero-order valence-electron chi connectivity index (χ0n) is 13.2. The molecule has 0 spiro atoms. The normalized spacial score (nSPS) is 16.6. The van der Waals surface area contributed by atoms with Gasteiger partial charge in [-0.15, -0.1) is 0 Å². The smallest absolute Gasteiger partial charge is 0.167 e. The van der Waals surface area contributed by atoms with Crippen molar-refractivity contribution in [1.82, 2.24) is 0 Å². The van der Waals surface area contributed by atoms with Gasteiger partial charge in [-0.2, -0.15) is 0 Å². The van der Waals surface area contributed by atoms with Crippen LogP contribution in [0.2, 0.25) is 0 Å². The van der Waals surface area contributed by atoms with E-state index in [4.69, 9.17) is 4.74 Å². The number of methoxy groups -OCH3 is 1. The van der Waals surface area contributed by atoms with Crippen LogP contribution in [0, 0.1) is 0 Å². The lowest BCUT2D eigenvalue weighted by Crippen LogP contribution is -2.23. The highest BCUT2D eigenvalue weighted by atomic mass is 79.9. The molecule has 0 aliphatic carbocycles. The van der Waals surface area contributed by atoms with Gasteiger partial charge in [0.05, 0.1) is 13.2 Å². The van der Waals surface area contributed by atoms with Crippen LogP contribution in [-0.4, -0.2) is 12.9 Å². The molecule has 0 amide bonds. The van der Waals surface area contributed by atoms with Gasteiger partial charge in [-0.1, -0.05) is 46.3 Å². The maximum Gasteiger partial charge on any atom is 0.167 e. The summed E-state index contributed by atoms with van der Waals surface area (Å²) in [6.07, 6.45) is 0.411. The summed E-state index contributed by atoms with van der Waals surface area (Å²) in [7, 11) is 1.65. The first-order chi connectivity index (χ1) is 11.7. The van der Waals surface area contributed by atoms with Gasteiger partial charge in [0.15, 0.2) is 5.78 Å². The highest BCUT2D eigenvalue weighted by Crippen LogP contribution is 2.39. The molecule has 1 atom stereocenters. The first-order valence-corrected chi connectivity index (χ1v) is 8.61. The van der Waals surface area contributed by atoms with E-state index < -0.39 is 0 Å². The second-order valence-electron chi connectivity index (χ2n) is 5.92. The number of carbonyl (C=O) groups is 1. The number of Topliss-reactive ketones (excluding diaryl/α,β-unsaturated/α-hetero) is 1. The number of ketones is 1. The Hall–Kier alpha value is -2.33. The molecule has 3 aromatic rings. The third-order valence-electron chi connectivity index (χ3n) is 4.49. The fraction of sp³-hybridized carbons (Fsp3) is 0.150. The van der Waals surface area contributed by atoms with Crippen LogP contribution in [-0.2, 0) is 0 Å². The summed E-state index contributed by atoms with van der Waals surface area (Å²) in [4.78, 5) is 12.9. The van der Waals surface area contributed by atoms with Gasteiger partial charge in [-0.25, -0.2) is 0 Å². The average Bonchev–Trinajstić information content (AvgIpc) is 2.61. The van der Waals surface area contributed by atoms with Crippen LogP contribution in [0.4, 0.5) is 5.69 Å². The zero-order chi connectivity index (χ0) is 16.7. The lowest BCUT2D eigenvalue weighted by molar-refractivity contribution is 0.0973. The molecule has 1 N–H and O–H groups in total. The first kappa shape index (κ1) is 15.2. The first-order valence-electron chi connectivity index (χ1n) is 7.82. The summed E-state index contributed by atoms with van der Waals surface area (Å²) in [5, 5.41) is 5.61. The number of ether oxygens (including phenoxy) is 1. The summed E-state index contributed by atoms with van der Waals surface area (Å²) < 4.78 is 6.44. The van der Waals surface area contributed by atoms with Crippen LogP contribution < -0.4 is 10.1 Å². The number of hydrogen-bond acceptors (Lipinski definition) is 3. The number of fused-ring (bicyclic) bond motifs is 3. The van der Waals surface area contributed by atoms with E-state index in [0.717, 1.165) is 37.8 Å². The molecule has 3 nitrogen and oxygen atoms in total. The Bertz CT molecular complexity index is 952. The van der Waals surface area contributed by atoms with E-state index in [9.17, 15) is 4.79 Å². The Morgan fingerprint density at radius 1 is 1.12 bits per heavy atom. The molecule has 4 rings (SSSR count). The fourth-order valence-corrected chi connectivity index (χ4v) is 3.76. The molecule has 0 unspecified atom stereocenters. The topological polar surface area (TPSA) is 38.3 Å². The molecule has 120 valence electrons. The zero-order valence-corrected chi connectivity index (χ0v) is 14.8. The standard InChI is InChI=1S/C20H16BrNO2/c1-24-19-9-7-13(21)10-15(19)17-11-18(23)20-14-5-3-2-4-12(14)6-8-16(20)22-17/h2-10,17,22H,11H2,1H3/t17-/m1/s1. The van der Waals surface area contributed by atoms with Crippen molar-refractivity contribution in [2.75, 3.05) is 12.4 Å². The Morgan fingerprint density at radius 2 is 1.96 bits per heavy atom. The average molecular weight is 382 g/mol. The quantitative estimate of drug-likeness (QED) is 0.649. The van der Waals surface area contributed by atoms with Crippen molar-refractivity contribution in [3.63, 3.8) is 0 Å². The van der Waals surface area contributed by atoms with Crippen LogP contribution in [0.1, 0.15) is 28.4 Å². The van der Waals surface area contributed by atoms with Gasteiger partial charge in [0, 0.05) is 27.7 Å². The second kappa shape index (κ2) is 5.95. The number of benzene rings is 3. The molecule has 0 bridgehead atoms. The molecule has 0 saturated heterocycles. The minimum atomic E-state index is -0.0985. The molecule has 1 heterocycles. The molecule has 4 heteroatoms. The SMILES string of the molecule is COc1ccc(Br)cc1[C@H]1CC(=O)c2c(ccc3ccccc23)N1. The van der Waals surface area contributed by atoms with Crippen molar-refractivity contribution in [3.8, 4) is 5.75 Å². The number of rotatable bonds is 2. The van der Waals surface area contributed by atoms with Crippen molar-refractivity contribution >= 4 is 38.2 Å². The third kappa shape index (κ3) is 2.47. The highest BCUT2D eigenvalue weighted by molar-refractivity contribution is 9.10. The molecular formula is C20H16BrNO2. The maximum atomic E-state index is 12.9. The maximum absolute atomic E-state index is 12.9. The van der Waals surface area contributed by atoms with E-state index in [0.29, 0.717) is 6.42 Å². The molecule has 0 saturated carbocycles. The summed E-state index contributed by atoms with van der Waals surface area (Å²) in [6.45, 7) is 0. The number of nitrogens with one attached hydrogen (secondary N) is 1. The Kier molecular flexibility index (Phi) is 3.77. The molecule has 1 aliphatic heterocycles. The second-order valence-corrected chi connectivity index (χ2v) is 6.84. The summed E-state index contributed by atoms with van der Waals surface area (Å²) in [6, 6.07) is 17.8. The van der Waals surface area contributed by atoms with E-state index in [1.54, 1.807) is 7.11 Å². The van der Waals surface area contributed by atoms with E-state index >= 15 is 0 Å². The summed E-state index contributed by atoms with van der Waals surface area (Å²) in [5.41, 5.74) is 2.66. The number of hydrogen-bond donors (Lipinski definition) is 1. The van der Waals surface area contributed by atoms with Gasteiger partial charge in [0.1, 0.15) is 5.75 Å². The van der Waals surface area contributed by atoms with E-state index in [2.05, 4.69) is 27.3 Å². The fourth-order valence-electron chi connectivity index (χ4n) is 3.38. The molecule has 0 radical (unpaired) electrons. The molecule has 0 fully saturated rings. The Labute approximate surface area is 148 Å². The lowest BCUT2D eigenvalue weighted by atomic mass is 9.89. The van der Waals surface area contributed by atoms with Crippen LogP contribution in [0.3, 0.4) is 0 Å². The monoisotopic (exact) mass is 381 g/mol. The number of anilines is 1. The van der Waals surface area contributed by atoms with E-state index in [-0.39, 0.29) is 11.8 Å². The van der Waals surface area contributed by atoms with Crippen LogP contribution in [0.5, 0.6) is 5.75 Å². The van der Waals surface area contributed by atoms with E-state index in [1.807, 2.05) is 48.5 Å². The van der Waals surface area contributed by atoms with Crippen molar-refractivity contribution in [2.45, 2.75) is 12.5 Å². The molecule has 3 aromatic carbocycles. The third-order valence-corrected chi connectivity index (χ3v) is 4.99. The molecular weight excluding hydrogens is 366 g/mol. The van der Waals surface area contributed by atoms with Crippen molar-refractivity contribution in [1.29, 1.82) is 0 Å². The Morgan fingerprint density at radius 3 is 2.79 bits per heavy atom. The Balaban J connectivity index is 1.82. The van der Waals surface area contributed by atoms with E-state index in [1.165, 1.54) is 0 Å². The molecule has 0 aromatic heterocycles. The van der Waals surface area contributed by atoms with Crippen molar-refractivity contribution < 1.29 is 9.53 Å². The number of halogens is 1. The largest absolute Gasteiger partial charge is 0.496 e. The van der Waals surface area contributed by atoms with Gasteiger partial charge in [0.2, 0.25) is 0 Å². The van der Waals surface area contributed by atoms with Gasteiger partial charge >= 0.3 is 0 Å². The summed E-state index contributed by atoms with van der Waals surface area (Å²) >= 11 is 3.50. The lowest BCUT2D eigenvalue weighted by Gasteiger charge is -2.28. The predicted octanol–water partition coefficient (Wildman–Crippen LogP) is 5.35. The van der Waals surface area contributed by atoms with Crippen molar-refractivity contribution in [2.24, 2.45) is 0 Å². The van der Waals surface area contributed by atoms with Crippen LogP contribution >= 0.6 is 15.9 Å². The van der Waals surface area contributed by atoms with Crippen molar-refractivity contribution in [3.05, 3.63) is 70.2 Å². The predicted molar refractivity (Wildman–Crippen MR) is 100.0 cm³/mol. The van der Waals surface area contributed by atoms with Gasteiger partial charge < -0.3 is 10.1 Å². The van der Waals surface area contributed by atoms with Crippen LogP contribution in [0.25, 0.3) is 10.8 Å². The molecule has 1 aliphatic rings. The minimum absolute atomic E-state index is 0.0985. The van der Waals surface area contributed by atoms with Gasteiger partial charge in [0.25, 0.3) is 0 Å². The highest BCUT2D eigenvalue weighted by Gasteiger charge is 2.29.